The maximum Gasteiger partial charge on any atom is 0.222 e. The Morgan fingerprint density at radius 1 is 0.900 bits per heavy atom. The molecule has 4 nitrogen and oxygen atoms in total. The number of rotatable bonds is 7. The summed E-state index contributed by atoms with van der Waals surface area (Å²) in [6, 6.07) is 18.5. The van der Waals surface area contributed by atoms with Crippen LogP contribution in [0.3, 0.4) is 0 Å². The van der Waals surface area contributed by atoms with Gasteiger partial charge in [-0.3, -0.25) is 0 Å². The third-order valence-corrected chi connectivity index (χ3v) is 4.72. The fourth-order valence-electron chi connectivity index (χ4n) is 3.07. The lowest BCUT2D eigenvalue weighted by Gasteiger charge is -2.10. The number of halogens is 2. The van der Waals surface area contributed by atoms with Crippen molar-refractivity contribution >= 4 is 5.90 Å². The van der Waals surface area contributed by atoms with Gasteiger partial charge in [-0.15, -0.1) is 0 Å². The monoisotopic (exact) mass is 409 g/mol. The Morgan fingerprint density at radius 2 is 1.50 bits per heavy atom. The van der Waals surface area contributed by atoms with Crippen molar-refractivity contribution in [1.82, 2.24) is 0 Å². The molecular weight excluding hydrogens is 388 g/mol. The summed E-state index contributed by atoms with van der Waals surface area (Å²) < 4.78 is 44.7. The Bertz CT molecular complexity index is 1010. The van der Waals surface area contributed by atoms with Crippen LogP contribution < -0.4 is 9.47 Å². The average Bonchev–Trinajstić information content (AvgIpc) is 3.22. The van der Waals surface area contributed by atoms with Crippen LogP contribution in [0, 0.1) is 11.6 Å². The van der Waals surface area contributed by atoms with Crippen LogP contribution in [0.2, 0.25) is 0 Å². The van der Waals surface area contributed by atoms with Crippen LogP contribution in [-0.4, -0.2) is 25.2 Å². The van der Waals surface area contributed by atoms with Gasteiger partial charge in [0.2, 0.25) is 5.90 Å². The van der Waals surface area contributed by atoms with Crippen molar-refractivity contribution in [2.24, 2.45) is 4.99 Å². The largest absolute Gasteiger partial charge is 0.491 e. The van der Waals surface area contributed by atoms with Crippen molar-refractivity contribution in [2.45, 2.75) is 19.4 Å². The van der Waals surface area contributed by atoms with Gasteiger partial charge in [0, 0.05) is 0 Å². The van der Waals surface area contributed by atoms with Gasteiger partial charge in [0.25, 0.3) is 0 Å². The standard InChI is InChI=1S/C24H21F2NO3/c1-2-16-6-8-19(9-7-16)30-20-12-10-18(11-13-20)28-14-17-15-29-24(27-17)23-21(25)4-3-5-22(23)26/h3-13,17H,2,14-15H2,1H3. The van der Waals surface area contributed by atoms with E-state index in [0.717, 1.165) is 12.2 Å². The molecule has 3 aromatic carbocycles. The minimum absolute atomic E-state index is 0.0305. The smallest absolute Gasteiger partial charge is 0.222 e. The molecular formula is C24H21F2NO3. The molecule has 1 heterocycles. The summed E-state index contributed by atoms with van der Waals surface area (Å²) >= 11 is 0. The van der Waals surface area contributed by atoms with Gasteiger partial charge in [-0.2, -0.15) is 0 Å². The highest BCUT2D eigenvalue weighted by Crippen LogP contribution is 2.25. The molecule has 0 amide bonds. The van der Waals surface area contributed by atoms with E-state index in [0.29, 0.717) is 11.5 Å². The van der Waals surface area contributed by atoms with Crippen molar-refractivity contribution in [3.05, 3.63) is 89.5 Å². The van der Waals surface area contributed by atoms with E-state index in [9.17, 15) is 8.78 Å². The zero-order valence-corrected chi connectivity index (χ0v) is 16.5. The summed E-state index contributed by atoms with van der Waals surface area (Å²) in [6.07, 6.45) is 0.985. The summed E-state index contributed by atoms with van der Waals surface area (Å²) in [5.41, 5.74) is 1.01. The van der Waals surface area contributed by atoms with E-state index in [2.05, 4.69) is 11.9 Å². The number of hydrogen-bond acceptors (Lipinski definition) is 4. The quantitative estimate of drug-likeness (QED) is 0.514. The maximum absolute atomic E-state index is 13.9. The minimum atomic E-state index is -0.699. The lowest BCUT2D eigenvalue weighted by atomic mass is 10.2. The molecule has 3 aromatic rings. The molecule has 0 aromatic heterocycles. The molecule has 154 valence electrons. The predicted molar refractivity (Wildman–Crippen MR) is 110 cm³/mol. The Labute approximate surface area is 173 Å². The predicted octanol–water partition coefficient (Wildman–Crippen LogP) is 5.54. The Morgan fingerprint density at radius 3 is 2.13 bits per heavy atom. The van der Waals surface area contributed by atoms with E-state index >= 15 is 0 Å². The Hall–Kier alpha value is -3.41. The maximum atomic E-state index is 13.9. The fraction of sp³-hybridized carbons (Fsp3) is 0.208. The van der Waals surface area contributed by atoms with Gasteiger partial charge in [-0.05, 0) is 60.5 Å². The van der Waals surface area contributed by atoms with Crippen LogP contribution in [0.4, 0.5) is 8.78 Å². The molecule has 6 heteroatoms. The topological polar surface area (TPSA) is 40.0 Å². The number of aryl methyl sites for hydroxylation is 1. The normalized spacial score (nSPS) is 15.4. The molecule has 0 spiro atoms. The van der Waals surface area contributed by atoms with Crippen LogP contribution >= 0.6 is 0 Å². The van der Waals surface area contributed by atoms with Gasteiger partial charge >= 0.3 is 0 Å². The van der Waals surface area contributed by atoms with Crippen LogP contribution in [0.15, 0.2) is 71.7 Å². The number of nitrogens with zero attached hydrogens (tertiary/aromatic N) is 1. The number of hydrogen-bond donors (Lipinski definition) is 0. The molecule has 1 atom stereocenters. The van der Waals surface area contributed by atoms with Crippen molar-refractivity contribution in [3.63, 3.8) is 0 Å². The van der Waals surface area contributed by atoms with Gasteiger partial charge in [0.15, 0.2) is 0 Å². The van der Waals surface area contributed by atoms with Gasteiger partial charge in [0.1, 0.15) is 53.7 Å². The third kappa shape index (κ3) is 4.59. The van der Waals surface area contributed by atoms with E-state index in [1.807, 2.05) is 36.4 Å². The first-order valence-electron chi connectivity index (χ1n) is 9.77. The van der Waals surface area contributed by atoms with Crippen molar-refractivity contribution < 1.29 is 23.0 Å². The lowest BCUT2D eigenvalue weighted by molar-refractivity contribution is 0.242. The second kappa shape index (κ2) is 8.95. The average molecular weight is 409 g/mol. The first kappa shape index (κ1) is 19.9. The summed E-state index contributed by atoms with van der Waals surface area (Å²) in [5, 5.41) is 0. The molecule has 30 heavy (non-hydrogen) atoms. The summed E-state index contributed by atoms with van der Waals surface area (Å²) in [4.78, 5) is 4.25. The summed E-state index contributed by atoms with van der Waals surface area (Å²) in [5.74, 6) is 0.685. The zero-order valence-electron chi connectivity index (χ0n) is 16.5. The first-order valence-corrected chi connectivity index (χ1v) is 9.77. The van der Waals surface area contributed by atoms with Crippen LogP contribution in [0.1, 0.15) is 18.1 Å². The lowest BCUT2D eigenvalue weighted by Crippen LogP contribution is -2.16. The molecule has 0 aliphatic carbocycles. The third-order valence-electron chi connectivity index (χ3n) is 4.72. The van der Waals surface area contributed by atoms with Crippen LogP contribution in [-0.2, 0) is 11.2 Å². The molecule has 0 bridgehead atoms. The van der Waals surface area contributed by atoms with Crippen LogP contribution in [0.5, 0.6) is 17.2 Å². The Kier molecular flexibility index (Phi) is 5.93. The van der Waals surface area contributed by atoms with Gasteiger partial charge in [-0.1, -0.05) is 25.1 Å². The van der Waals surface area contributed by atoms with E-state index in [1.54, 1.807) is 12.1 Å². The molecule has 0 fully saturated rings. The summed E-state index contributed by atoms with van der Waals surface area (Å²) in [6.45, 7) is 2.55. The molecule has 0 saturated heterocycles. The number of ether oxygens (including phenoxy) is 3. The molecule has 0 saturated carbocycles. The molecule has 1 unspecified atom stereocenters. The van der Waals surface area contributed by atoms with E-state index in [-0.39, 0.29) is 30.7 Å². The highest BCUT2D eigenvalue weighted by molar-refractivity contribution is 5.95. The van der Waals surface area contributed by atoms with Crippen LogP contribution in [0.25, 0.3) is 0 Å². The van der Waals surface area contributed by atoms with E-state index in [1.165, 1.54) is 23.8 Å². The van der Waals surface area contributed by atoms with Gasteiger partial charge in [0.05, 0.1) is 0 Å². The number of benzene rings is 3. The Balaban J connectivity index is 1.33. The molecule has 0 N–H and O–H groups in total. The SMILES string of the molecule is CCc1ccc(Oc2ccc(OCC3COC(c4c(F)cccc4F)=N3)cc2)cc1. The van der Waals surface area contributed by atoms with E-state index < -0.39 is 11.6 Å². The highest BCUT2D eigenvalue weighted by Gasteiger charge is 2.25. The summed E-state index contributed by atoms with van der Waals surface area (Å²) in [7, 11) is 0. The van der Waals surface area contributed by atoms with E-state index in [4.69, 9.17) is 14.2 Å². The molecule has 1 aliphatic heterocycles. The minimum Gasteiger partial charge on any atom is -0.491 e. The van der Waals surface area contributed by atoms with Gasteiger partial charge < -0.3 is 14.2 Å². The molecule has 4 rings (SSSR count). The van der Waals surface area contributed by atoms with Crippen molar-refractivity contribution in [2.75, 3.05) is 13.2 Å². The molecule has 1 aliphatic rings. The second-order valence-electron chi connectivity index (χ2n) is 6.88. The first-order chi connectivity index (χ1) is 14.6. The van der Waals surface area contributed by atoms with Gasteiger partial charge in [-0.25, -0.2) is 13.8 Å². The van der Waals surface area contributed by atoms with Crippen molar-refractivity contribution in [3.8, 4) is 17.2 Å². The fourth-order valence-corrected chi connectivity index (χ4v) is 3.07. The number of aliphatic imine (C=N–C) groups is 1. The zero-order chi connectivity index (χ0) is 20.9. The molecule has 0 radical (unpaired) electrons. The highest BCUT2D eigenvalue weighted by atomic mass is 19.1. The van der Waals surface area contributed by atoms with Crippen molar-refractivity contribution in [1.29, 1.82) is 0 Å². The second-order valence-corrected chi connectivity index (χ2v) is 6.88.